The van der Waals surface area contributed by atoms with Crippen molar-refractivity contribution < 1.29 is 14.7 Å². The number of aliphatic carboxylic acids is 1. The SMILES string of the molecule is C/C(=C/C(=O)O)C(=O)Nc1ccccc1. The molecule has 0 bridgehead atoms. The fourth-order valence-corrected chi connectivity index (χ4v) is 1.00. The van der Waals surface area contributed by atoms with Crippen molar-refractivity contribution in [2.45, 2.75) is 6.92 Å². The Bertz CT molecular complexity index is 396. The van der Waals surface area contributed by atoms with Crippen molar-refractivity contribution in [3.05, 3.63) is 42.0 Å². The van der Waals surface area contributed by atoms with Crippen molar-refractivity contribution >= 4 is 17.6 Å². The molecule has 1 aromatic carbocycles. The fourth-order valence-electron chi connectivity index (χ4n) is 1.00. The number of para-hydroxylation sites is 1. The van der Waals surface area contributed by atoms with Crippen LogP contribution in [0.25, 0.3) is 0 Å². The summed E-state index contributed by atoms with van der Waals surface area (Å²) in [6, 6.07) is 8.85. The average molecular weight is 205 g/mol. The van der Waals surface area contributed by atoms with E-state index in [9.17, 15) is 9.59 Å². The smallest absolute Gasteiger partial charge is 0.328 e. The zero-order valence-electron chi connectivity index (χ0n) is 8.23. The maximum absolute atomic E-state index is 11.4. The van der Waals surface area contributed by atoms with Gasteiger partial charge in [-0.3, -0.25) is 4.79 Å². The molecule has 0 unspecified atom stereocenters. The minimum absolute atomic E-state index is 0.159. The second-order valence-electron chi connectivity index (χ2n) is 2.99. The zero-order chi connectivity index (χ0) is 11.3. The van der Waals surface area contributed by atoms with Gasteiger partial charge >= 0.3 is 5.97 Å². The van der Waals surface area contributed by atoms with Crippen LogP contribution >= 0.6 is 0 Å². The summed E-state index contributed by atoms with van der Waals surface area (Å²) >= 11 is 0. The molecule has 0 saturated carbocycles. The Labute approximate surface area is 87.2 Å². The predicted octanol–water partition coefficient (Wildman–Crippen LogP) is 1.66. The summed E-state index contributed by atoms with van der Waals surface area (Å²) in [4.78, 5) is 21.7. The first-order valence-electron chi connectivity index (χ1n) is 4.37. The first-order chi connectivity index (χ1) is 7.09. The molecule has 2 N–H and O–H groups in total. The van der Waals surface area contributed by atoms with Gasteiger partial charge in [0.05, 0.1) is 0 Å². The standard InChI is InChI=1S/C11H11NO3/c1-8(7-10(13)14)11(15)12-9-5-3-2-4-6-9/h2-7H,1H3,(H,12,15)(H,13,14)/b8-7-. The van der Waals surface area contributed by atoms with Gasteiger partial charge < -0.3 is 10.4 Å². The lowest BCUT2D eigenvalue weighted by Gasteiger charge is -2.03. The third-order valence-electron chi connectivity index (χ3n) is 1.73. The van der Waals surface area contributed by atoms with Crippen LogP contribution in [0.4, 0.5) is 5.69 Å². The molecule has 1 amide bonds. The first-order valence-corrected chi connectivity index (χ1v) is 4.37. The van der Waals surface area contributed by atoms with Gasteiger partial charge in [0.15, 0.2) is 0 Å². The molecule has 0 fully saturated rings. The Morgan fingerprint density at radius 2 is 1.87 bits per heavy atom. The topological polar surface area (TPSA) is 66.4 Å². The highest BCUT2D eigenvalue weighted by molar-refractivity contribution is 6.06. The number of carbonyl (C=O) groups excluding carboxylic acids is 1. The molecular weight excluding hydrogens is 194 g/mol. The number of anilines is 1. The monoisotopic (exact) mass is 205 g/mol. The summed E-state index contributed by atoms with van der Waals surface area (Å²) in [6.45, 7) is 1.45. The number of hydrogen-bond acceptors (Lipinski definition) is 2. The zero-order valence-corrected chi connectivity index (χ0v) is 8.23. The normalized spacial score (nSPS) is 10.9. The first kappa shape index (κ1) is 11.0. The molecule has 0 heterocycles. The van der Waals surface area contributed by atoms with E-state index >= 15 is 0 Å². The van der Waals surface area contributed by atoms with Gasteiger partial charge in [0, 0.05) is 17.3 Å². The summed E-state index contributed by atoms with van der Waals surface area (Å²) in [6.07, 6.45) is 0.873. The van der Waals surface area contributed by atoms with E-state index in [1.54, 1.807) is 24.3 Å². The molecule has 0 aliphatic rings. The van der Waals surface area contributed by atoms with Crippen molar-refractivity contribution in [2.75, 3.05) is 5.32 Å². The number of rotatable bonds is 3. The molecule has 1 aromatic rings. The highest BCUT2D eigenvalue weighted by Crippen LogP contribution is 2.06. The van der Waals surface area contributed by atoms with Crippen LogP contribution in [-0.2, 0) is 9.59 Å². The van der Waals surface area contributed by atoms with Gasteiger partial charge in [0.1, 0.15) is 0 Å². The lowest BCUT2D eigenvalue weighted by molar-refractivity contribution is -0.131. The molecule has 0 atom stereocenters. The van der Waals surface area contributed by atoms with Crippen molar-refractivity contribution in [3.8, 4) is 0 Å². The number of hydrogen-bond donors (Lipinski definition) is 2. The number of carboxylic acid groups (broad SMARTS) is 1. The minimum atomic E-state index is -1.13. The van der Waals surface area contributed by atoms with Gasteiger partial charge in [-0.15, -0.1) is 0 Å². The number of benzene rings is 1. The number of nitrogens with one attached hydrogen (secondary N) is 1. The third-order valence-corrected chi connectivity index (χ3v) is 1.73. The van der Waals surface area contributed by atoms with E-state index in [0.29, 0.717) is 5.69 Å². The van der Waals surface area contributed by atoms with Crippen LogP contribution in [0.15, 0.2) is 42.0 Å². The molecule has 15 heavy (non-hydrogen) atoms. The van der Waals surface area contributed by atoms with E-state index in [4.69, 9.17) is 5.11 Å². The Hall–Kier alpha value is -2.10. The van der Waals surface area contributed by atoms with E-state index in [2.05, 4.69) is 5.32 Å². The molecule has 78 valence electrons. The Morgan fingerprint density at radius 3 is 2.40 bits per heavy atom. The molecule has 0 spiro atoms. The van der Waals surface area contributed by atoms with Crippen LogP contribution in [0.3, 0.4) is 0 Å². The van der Waals surface area contributed by atoms with Crippen molar-refractivity contribution in [1.29, 1.82) is 0 Å². The molecule has 4 heteroatoms. The van der Waals surface area contributed by atoms with Gasteiger partial charge in [-0.2, -0.15) is 0 Å². The summed E-state index contributed by atoms with van der Waals surface area (Å²) in [7, 11) is 0. The van der Waals surface area contributed by atoms with E-state index < -0.39 is 11.9 Å². The van der Waals surface area contributed by atoms with Crippen LogP contribution in [0.5, 0.6) is 0 Å². The number of carbonyl (C=O) groups is 2. The number of carboxylic acids is 1. The second-order valence-corrected chi connectivity index (χ2v) is 2.99. The molecule has 4 nitrogen and oxygen atoms in total. The number of amides is 1. The van der Waals surface area contributed by atoms with Crippen molar-refractivity contribution in [1.82, 2.24) is 0 Å². The van der Waals surface area contributed by atoms with Crippen LogP contribution in [0.2, 0.25) is 0 Å². The largest absolute Gasteiger partial charge is 0.478 e. The fraction of sp³-hybridized carbons (Fsp3) is 0.0909. The van der Waals surface area contributed by atoms with Crippen LogP contribution < -0.4 is 5.32 Å². The summed E-state index contributed by atoms with van der Waals surface area (Å²) in [5.41, 5.74) is 0.798. The Morgan fingerprint density at radius 1 is 1.27 bits per heavy atom. The Kier molecular flexibility index (Phi) is 3.62. The molecular formula is C11H11NO3. The minimum Gasteiger partial charge on any atom is -0.478 e. The van der Waals surface area contributed by atoms with Gasteiger partial charge in [-0.1, -0.05) is 18.2 Å². The van der Waals surface area contributed by atoms with E-state index in [-0.39, 0.29) is 5.57 Å². The highest BCUT2D eigenvalue weighted by atomic mass is 16.4. The van der Waals surface area contributed by atoms with E-state index in [0.717, 1.165) is 6.08 Å². The average Bonchev–Trinajstić information content (AvgIpc) is 2.18. The molecule has 0 aromatic heterocycles. The van der Waals surface area contributed by atoms with Crippen LogP contribution in [-0.4, -0.2) is 17.0 Å². The summed E-state index contributed by atoms with van der Waals surface area (Å²) < 4.78 is 0. The summed E-state index contributed by atoms with van der Waals surface area (Å²) in [5, 5.41) is 11.0. The lowest BCUT2D eigenvalue weighted by atomic mass is 10.2. The Balaban J connectivity index is 2.68. The predicted molar refractivity (Wildman–Crippen MR) is 56.5 cm³/mol. The third kappa shape index (κ3) is 3.64. The highest BCUT2D eigenvalue weighted by Gasteiger charge is 2.05. The molecule has 0 aliphatic heterocycles. The van der Waals surface area contributed by atoms with Gasteiger partial charge in [-0.05, 0) is 19.1 Å². The molecule has 0 radical (unpaired) electrons. The maximum atomic E-state index is 11.4. The van der Waals surface area contributed by atoms with Crippen molar-refractivity contribution in [2.24, 2.45) is 0 Å². The van der Waals surface area contributed by atoms with E-state index in [1.165, 1.54) is 6.92 Å². The summed E-state index contributed by atoms with van der Waals surface area (Å²) in [5.74, 6) is -1.54. The van der Waals surface area contributed by atoms with Gasteiger partial charge in [0.2, 0.25) is 0 Å². The van der Waals surface area contributed by atoms with E-state index in [1.807, 2.05) is 6.07 Å². The molecule has 0 saturated heterocycles. The lowest BCUT2D eigenvalue weighted by Crippen LogP contribution is -2.13. The molecule has 0 aliphatic carbocycles. The molecule has 1 rings (SSSR count). The second kappa shape index (κ2) is 4.95. The van der Waals surface area contributed by atoms with Crippen LogP contribution in [0.1, 0.15) is 6.92 Å². The maximum Gasteiger partial charge on any atom is 0.328 e. The van der Waals surface area contributed by atoms with Gasteiger partial charge in [-0.25, -0.2) is 4.79 Å². The van der Waals surface area contributed by atoms with Gasteiger partial charge in [0.25, 0.3) is 5.91 Å². The quantitative estimate of drug-likeness (QED) is 0.737. The van der Waals surface area contributed by atoms with Crippen molar-refractivity contribution in [3.63, 3.8) is 0 Å². The van der Waals surface area contributed by atoms with Crippen LogP contribution in [0, 0.1) is 0 Å².